The average molecular weight is 424 g/mol. The third kappa shape index (κ3) is 4.22. The first-order valence-electron chi connectivity index (χ1n) is 9.80. The van der Waals surface area contributed by atoms with Gasteiger partial charge in [-0.15, -0.1) is 10.2 Å². The first-order valence-corrected chi connectivity index (χ1v) is 9.80. The number of nitrogens with zero attached hydrogens (tertiary/aromatic N) is 3. The Hall–Kier alpha value is -2.78. The van der Waals surface area contributed by atoms with Gasteiger partial charge in [0, 0.05) is 24.9 Å². The van der Waals surface area contributed by atoms with Gasteiger partial charge >= 0.3 is 6.18 Å². The van der Waals surface area contributed by atoms with Gasteiger partial charge in [0.25, 0.3) is 5.91 Å². The normalized spacial score (nSPS) is 19.6. The maximum atomic E-state index is 13.0. The van der Waals surface area contributed by atoms with Crippen molar-refractivity contribution in [3.05, 3.63) is 35.4 Å². The molecular formula is C20H23F3N4O3. The summed E-state index contributed by atoms with van der Waals surface area (Å²) in [6.07, 6.45) is -3.29. The van der Waals surface area contributed by atoms with Crippen molar-refractivity contribution in [1.29, 1.82) is 0 Å². The molecule has 4 rings (SSSR count). The van der Waals surface area contributed by atoms with Gasteiger partial charge < -0.3 is 19.4 Å². The van der Waals surface area contributed by atoms with Crippen LogP contribution in [0.1, 0.15) is 37.5 Å². The minimum absolute atomic E-state index is 0.00209. The summed E-state index contributed by atoms with van der Waals surface area (Å²) in [6.45, 7) is 3.47. The third-order valence-electron chi connectivity index (χ3n) is 5.34. The van der Waals surface area contributed by atoms with E-state index in [1.165, 1.54) is 4.57 Å². The topological polar surface area (TPSA) is 78.3 Å². The molecule has 162 valence electrons. The number of rotatable bonds is 5. The average Bonchev–Trinajstić information content (AvgIpc) is 3.22. The number of hydrogen-bond acceptors (Lipinski definition) is 5. The zero-order chi connectivity index (χ0) is 21.5. The van der Waals surface area contributed by atoms with Crippen LogP contribution in [0.3, 0.4) is 0 Å². The lowest BCUT2D eigenvalue weighted by Crippen LogP contribution is -2.34. The lowest BCUT2D eigenvalue weighted by Gasteiger charge is -2.26. The van der Waals surface area contributed by atoms with Gasteiger partial charge in [-0.2, -0.15) is 13.2 Å². The first kappa shape index (κ1) is 20.5. The van der Waals surface area contributed by atoms with E-state index in [1.807, 2.05) is 26.0 Å². The Kier molecular flexibility index (Phi) is 5.11. The molecule has 0 bridgehead atoms. The van der Waals surface area contributed by atoms with E-state index in [0.717, 1.165) is 12.0 Å². The van der Waals surface area contributed by atoms with Crippen molar-refractivity contribution in [1.82, 2.24) is 20.1 Å². The summed E-state index contributed by atoms with van der Waals surface area (Å²) >= 11 is 0. The fraction of sp³-hybridized carbons (Fsp3) is 0.550. The van der Waals surface area contributed by atoms with Gasteiger partial charge in [0.05, 0.1) is 12.5 Å². The number of nitrogens with one attached hydrogen (secondary N) is 1. The lowest BCUT2D eigenvalue weighted by molar-refractivity contribution is -0.182. The number of fused-ring (bicyclic) bond motifs is 2. The number of aryl methyl sites for hydroxylation is 1. The van der Waals surface area contributed by atoms with Crippen LogP contribution in [-0.2, 0) is 30.7 Å². The third-order valence-corrected chi connectivity index (χ3v) is 5.34. The Morgan fingerprint density at radius 1 is 1.37 bits per heavy atom. The molecule has 3 heterocycles. The lowest BCUT2D eigenvalue weighted by atomic mass is 9.99. The van der Waals surface area contributed by atoms with Crippen LogP contribution in [0.25, 0.3) is 0 Å². The summed E-state index contributed by atoms with van der Waals surface area (Å²) in [4.78, 5) is 12.2. The van der Waals surface area contributed by atoms with Crippen LogP contribution in [0, 0.1) is 5.92 Å². The van der Waals surface area contributed by atoms with E-state index in [0.29, 0.717) is 23.1 Å². The molecule has 1 atom stereocenters. The van der Waals surface area contributed by atoms with E-state index in [9.17, 15) is 18.0 Å². The molecule has 2 aromatic rings. The highest BCUT2D eigenvalue weighted by Crippen LogP contribution is 2.41. The Bertz CT molecular complexity index is 955. The summed E-state index contributed by atoms with van der Waals surface area (Å²) < 4.78 is 52.1. The summed E-state index contributed by atoms with van der Waals surface area (Å²) in [7, 11) is 0. The number of benzene rings is 1. The highest BCUT2D eigenvalue weighted by Gasteiger charge is 2.42. The molecule has 30 heavy (non-hydrogen) atoms. The molecule has 0 saturated carbocycles. The number of alkyl halides is 3. The minimum Gasteiger partial charge on any atom is -0.483 e. The molecule has 2 aliphatic heterocycles. The molecule has 0 saturated heterocycles. The molecule has 10 heteroatoms. The van der Waals surface area contributed by atoms with Crippen molar-refractivity contribution in [2.75, 3.05) is 6.61 Å². The molecule has 1 amide bonds. The van der Waals surface area contributed by atoms with Crippen LogP contribution in [0.2, 0.25) is 0 Å². The van der Waals surface area contributed by atoms with Crippen molar-refractivity contribution in [2.45, 2.75) is 58.0 Å². The van der Waals surface area contributed by atoms with Gasteiger partial charge in [0.1, 0.15) is 11.4 Å². The molecular weight excluding hydrogens is 401 g/mol. The number of carbonyl (C=O) groups is 1. The van der Waals surface area contributed by atoms with Crippen LogP contribution in [0.5, 0.6) is 11.5 Å². The molecule has 0 spiro atoms. The van der Waals surface area contributed by atoms with Gasteiger partial charge in [-0.05, 0) is 26.3 Å². The van der Waals surface area contributed by atoms with E-state index in [4.69, 9.17) is 9.47 Å². The standard InChI is InChI=1S/C20H23F3N4O3/c1-19(2)8-12-4-3-5-14(18(12)30-19)29-11-17(28)24-9-16-26-25-15-7-6-13(10-27(15)16)20(21,22)23/h3-5,13H,6-11H2,1-2H3,(H,24,28)/t13-/m1/s1. The quantitative estimate of drug-likeness (QED) is 0.799. The van der Waals surface area contributed by atoms with Crippen molar-refractivity contribution in [3.8, 4) is 11.5 Å². The van der Waals surface area contributed by atoms with Crippen molar-refractivity contribution in [2.24, 2.45) is 5.92 Å². The fourth-order valence-corrected chi connectivity index (χ4v) is 3.85. The van der Waals surface area contributed by atoms with Crippen LogP contribution in [-0.4, -0.2) is 39.1 Å². The summed E-state index contributed by atoms with van der Waals surface area (Å²) in [5.74, 6) is 0.100. The van der Waals surface area contributed by atoms with Crippen molar-refractivity contribution < 1.29 is 27.4 Å². The zero-order valence-corrected chi connectivity index (χ0v) is 16.8. The van der Waals surface area contributed by atoms with Gasteiger partial charge in [-0.25, -0.2) is 0 Å². The maximum absolute atomic E-state index is 13.0. The molecule has 0 unspecified atom stereocenters. The summed E-state index contributed by atoms with van der Waals surface area (Å²) in [6, 6.07) is 5.54. The molecule has 7 nitrogen and oxygen atoms in total. The molecule has 1 aromatic heterocycles. The van der Waals surface area contributed by atoms with Crippen LogP contribution >= 0.6 is 0 Å². The van der Waals surface area contributed by atoms with E-state index < -0.39 is 18.0 Å². The Labute approximate surface area is 171 Å². The van der Waals surface area contributed by atoms with E-state index in [2.05, 4.69) is 15.5 Å². The first-order chi connectivity index (χ1) is 14.1. The second-order valence-corrected chi connectivity index (χ2v) is 8.27. The SMILES string of the molecule is CC1(C)Cc2cccc(OCC(=O)NCc3nnc4n3C[C@H](C(F)(F)F)CC4)c2O1. The van der Waals surface area contributed by atoms with Crippen LogP contribution in [0.4, 0.5) is 13.2 Å². The van der Waals surface area contributed by atoms with E-state index in [1.54, 1.807) is 6.07 Å². The van der Waals surface area contributed by atoms with Gasteiger partial charge in [-0.3, -0.25) is 4.79 Å². The molecule has 0 aliphatic carbocycles. The second kappa shape index (κ2) is 7.48. The predicted octanol–water partition coefficient (Wildman–Crippen LogP) is 2.81. The Morgan fingerprint density at radius 2 is 2.17 bits per heavy atom. The number of aromatic nitrogens is 3. The van der Waals surface area contributed by atoms with Crippen molar-refractivity contribution >= 4 is 5.91 Å². The number of carbonyl (C=O) groups excluding carboxylic acids is 1. The molecule has 1 N–H and O–H groups in total. The number of para-hydroxylation sites is 1. The molecule has 2 aliphatic rings. The number of amides is 1. The fourth-order valence-electron chi connectivity index (χ4n) is 3.85. The molecule has 0 radical (unpaired) electrons. The highest BCUT2D eigenvalue weighted by molar-refractivity contribution is 5.77. The van der Waals surface area contributed by atoms with Gasteiger partial charge in [0.2, 0.25) is 0 Å². The summed E-state index contributed by atoms with van der Waals surface area (Å²) in [5.41, 5.74) is 0.692. The zero-order valence-electron chi connectivity index (χ0n) is 16.8. The van der Waals surface area contributed by atoms with Crippen LogP contribution in [0.15, 0.2) is 18.2 Å². The predicted molar refractivity (Wildman–Crippen MR) is 100 cm³/mol. The maximum Gasteiger partial charge on any atom is 0.393 e. The van der Waals surface area contributed by atoms with E-state index in [-0.39, 0.29) is 38.1 Å². The minimum atomic E-state index is -4.26. The van der Waals surface area contributed by atoms with Gasteiger partial charge in [0.15, 0.2) is 23.9 Å². The monoisotopic (exact) mass is 424 g/mol. The van der Waals surface area contributed by atoms with Gasteiger partial charge in [-0.1, -0.05) is 12.1 Å². The van der Waals surface area contributed by atoms with Crippen molar-refractivity contribution in [3.63, 3.8) is 0 Å². The van der Waals surface area contributed by atoms with E-state index >= 15 is 0 Å². The molecule has 1 aromatic carbocycles. The second-order valence-electron chi connectivity index (χ2n) is 8.27. The largest absolute Gasteiger partial charge is 0.483 e. The number of ether oxygens (including phenoxy) is 2. The Morgan fingerprint density at radius 3 is 2.93 bits per heavy atom. The number of hydrogen-bond donors (Lipinski definition) is 1. The smallest absolute Gasteiger partial charge is 0.393 e. The molecule has 0 fully saturated rings. The highest BCUT2D eigenvalue weighted by atomic mass is 19.4. The Balaban J connectivity index is 1.33. The summed E-state index contributed by atoms with van der Waals surface area (Å²) in [5, 5.41) is 10.5. The van der Waals surface area contributed by atoms with Crippen LogP contribution < -0.4 is 14.8 Å². The number of halogens is 3.